The SMILES string of the molecule is Cc1csc(C(C)NC2CCN3CCCC23)n1. The van der Waals surface area contributed by atoms with Crippen LogP contribution in [0.25, 0.3) is 0 Å². The summed E-state index contributed by atoms with van der Waals surface area (Å²) in [5.74, 6) is 0. The lowest BCUT2D eigenvalue weighted by Crippen LogP contribution is -2.40. The number of nitrogens with one attached hydrogen (secondary N) is 1. The average molecular weight is 251 g/mol. The molecule has 2 saturated heterocycles. The van der Waals surface area contributed by atoms with Gasteiger partial charge in [-0.1, -0.05) is 0 Å². The molecule has 0 spiro atoms. The van der Waals surface area contributed by atoms with Crippen LogP contribution in [0.5, 0.6) is 0 Å². The van der Waals surface area contributed by atoms with Crippen LogP contribution in [-0.4, -0.2) is 35.1 Å². The zero-order valence-electron chi connectivity index (χ0n) is 10.6. The maximum atomic E-state index is 4.58. The van der Waals surface area contributed by atoms with Crippen molar-refractivity contribution in [3.63, 3.8) is 0 Å². The molecule has 2 fully saturated rings. The predicted octanol–water partition coefficient (Wildman–Crippen LogP) is 2.34. The molecule has 1 N–H and O–H groups in total. The van der Waals surface area contributed by atoms with Crippen molar-refractivity contribution < 1.29 is 0 Å². The highest BCUT2D eigenvalue weighted by Gasteiger charge is 2.37. The first-order chi connectivity index (χ1) is 8.24. The molecule has 0 aliphatic carbocycles. The van der Waals surface area contributed by atoms with E-state index in [9.17, 15) is 0 Å². The molecule has 3 unspecified atom stereocenters. The lowest BCUT2D eigenvalue weighted by atomic mass is 10.1. The van der Waals surface area contributed by atoms with Crippen LogP contribution in [0.4, 0.5) is 0 Å². The molecule has 2 aliphatic heterocycles. The van der Waals surface area contributed by atoms with Crippen LogP contribution in [0.1, 0.15) is 42.9 Å². The molecule has 3 nitrogen and oxygen atoms in total. The molecule has 17 heavy (non-hydrogen) atoms. The third kappa shape index (κ3) is 2.26. The molecule has 3 atom stereocenters. The first kappa shape index (κ1) is 11.6. The normalized spacial score (nSPS) is 30.7. The Kier molecular flexibility index (Phi) is 3.19. The van der Waals surface area contributed by atoms with Crippen LogP contribution in [0.2, 0.25) is 0 Å². The van der Waals surface area contributed by atoms with E-state index >= 15 is 0 Å². The summed E-state index contributed by atoms with van der Waals surface area (Å²) in [7, 11) is 0. The van der Waals surface area contributed by atoms with Gasteiger partial charge in [0.15, 0.2) is 0 Å². The van der Waals surface area contributed by atoms with Gasteiger partial charge in [0.25, 0.3) is 0 Å². The topological polar surface area (TPSA) is 28.2 Å². The number of aromatic nitrogens is 1. The van der Waals surface area contributed by atoms with Crippen molar-refractivity contribution in [2.75, 3.05) is 13.1 Å². The van der Waals surface area contributed by atoms with Crippen LogP contribution >= 0.6 is 11.3 Å². The van der Waals surface area contributed by atoms with Crippen molar-refractivity contribution in [3.05, 3.63) is 16.1 Å². The lowest BCUT2D eigenvalue weighted by molar-refractivity contribution is 0.291. The number of thiazole rings is 1. The Morgan fingerprint density at radius 2 is 2.35 bits per heavy atom. The minimum absolute atomic E-state index is 0.402. The Morgan fingerprint density at radius 3 is 3.12 bits per heavy atom. The molecule has 94 valence electrons. The van der Waals surface area contributed by atoms with Gasteiger partial charge in [0, 0.05) is 29.7 Å². The Balaban J connectivity index is 1.63. The summed E-state index contributed by atoms with van der Waals surface area (Å²) in [5, 5.41) is 7.16. The molecule has 0 bridgehead atoms. The highest BCUT2D eigenvalue weighted by atomic mass is 32.1. The maximum absolute atomic E-state index is 4.58. The maximum Gasteiger partial charge on any atom is 0.110 e. The van der Waals surface area contributed by atoms with Crippen molar-refractivity contribution in [2.24, 2.45) is 0 Å². The molecule has 0 saturated carbocycles. The summed E-state index contributed by atoms with van der Waals surface area (Å²) in [4.78, 5) is 7.23. The molecular weight excluding hydrogens is 230 g/mol. The number of nitrogens with zero attached hydrogens (tertiary/aromatic N) is 2. The van der Waals surface area contributed by atoms with E-state index < -0.39 is 0 Å². The van der Waals surface area contributed by atoms with Gasteiger partial charge in [-0.2, -0.15) is 0 Å². The van der Waals surface area contributed by atoms with Crippen LogP contribution in [0, 0.1) is 6.92 Å². The van der Waals surface area contributed by atoms with Crippen molar-refractivity contribution in [1.29, 1.82) is 0 Å². The highest BCUT2D eigenvalue weighted by molar-refractivity contribution is 7.09. The molecule has 0 aromatic carbocycles. The quantitative estimate of drug-likeness (QED) is 0.894. The zero-order chi connectivity index (χ0) is 11.8. The predicted molar refractivity (Wildman–Crippen MR) is 71.4 cm³/mol. The van der Waals surface area contributed by atoms with Crippen molar-refractivity contribution in [3.8, 4) is 0 Å². The van der Waals surface area contributed by atoms with Gasteiger partial charge < -0.3 is 5.32 Å². The van der Waals surface area contributed by atoms with E-state index in [1.807, 2.05) is 0 Å². The summed E-state index contributed by atoms with van der Waals surface area (Å²) in [6, 6.07) is 1.87. The van der Waals surface area contributed by atoms with Gasteiger partial charge in [0.1, 0.15) is 5.01 Å². The zero-order valence-corrected chi connectivity index (χ0v) is 11.5. The molecule has 3 heterocycles. The third-order valence-electron chi connectivity index (χ3n) is 4.08. The van der Waals surface area contributed by atoms with Gasteiger partial charge in [-0.05, 0) is 39.7 Å². The number of hydrogen-bond donors (Lipinski definition) is 1. The molecule has 0 amide bonds. The van der Waals surface area contributed by atoms with Gasteiger partial charge in [-0.15, -0.1) is 11.3 Å². The molecule has 1 aromatic rings. The summed E-state index contributed by atoms with van der Waals surface area (Å²) in [6.07, 6.45) is 4.06. The fourth-order valence-electron chi connectivity index (χ4n) is 3.24. The van der Waals surface area contributed by atoms with Crippen LogP contribution in [0.3, 0.4) is 0 Å². The number of aryl methyl sites for hydroxylation is 1. The Bertz CT molecular complexity index is 390. The largest absolute Gasteiger partial charge is 0.304 e. The van der Waals surface area contributed by atoms with Gasteiger partial charge in [0.2, 0.25) is 0 Å². The summed E-state index contributed by atoms with van der Waals surface area (Å²) < 4.78 is 0. The fraction of sp³-hybridized carbons (Fsp3) is 0.769. The van der Waals surface area contributed by atoms with Crippen LogP contribution < -0.4 is 5.32 Å². The van der Waals surface area contributed by atoms with Crippen molar-refractivity contribution in [2.45, 2.75) is 51.2 Å². The summed E-state index contributed by atoms with van der Waals surface area (Å²) >= 11 is 1.78. The van der Waals surface area contributed by atoms with E-state index in [2.05, 4.69) is 34.4 Å². The smallest absolute Gasteiger partial charge is 0.110 e. The van der Waals surface area contributed by atoms with E-state index in [4.69, 9.17) is 0 Å². The second-order valence-electron chi connectivity index (χ2n) is 5.36. The minimum Gasteiger partial charge on any atom is -0.304 e. The number of fused-ring (bicyclic) bond motifs is 1. The van der Waals surface area contributed by atoms with Crippen LogP contribution in [-0.2, 0) is 0 Å². The fourth-order valence-corrected chi connectivity index (χ4v) is 4.05. The molecule has 0 radical (unpaired) electrons. The van der Waals surface area contributed by atoms with E-state index in [0.29, 0.717) is 12.1 Å². The summed E-state index contributed by atoms with van der Waals surface area (Å²) in [5.41, 5.74) is 1.15. The van der Waals surface area contributed by atoms with Gasteiger partial charge in [0.05, 0.1) is 6.04 Å². The molecular formula is C13H21N3S. The first-order valence-electron chi connectivity index (χ1n) is 6.66. The van der Waals surface area contributed by atoms with Gasteiger partial charge in [-0.3, -0.25) is 4.90 Å². The molecule has 1 aromatic heterocycles. The van der Waals surface area contributed by atoms with E-state index in [0.717, 1.165) is 11.7 Å². The Hall–Kier alpha value is -0.450. The van der Waals surface area contributed by atoms with Gasteiger partial charge in [-0.25, -0.2) is 4.98 Å². The van der Waals surface area contributed by atoms with Crippen LogP contribution in [0.15, 0.2) is 5.38 Å². The molecule has 4 heteroatoms. The van der Waals surface area contributed by atoms with E-state index in [1.54, 1.807) is 11.3 Å². The second kappa shape index (κ2) is 4.67. The number of hydrogen-bond acceptors (Lipinski definition) is 4. The summed E-state index contributed by atoms with van der Waals surface area (Å²) in [6.45, 7) is 6.91. The average Bonchev–Trinajstić information content (AvgIpc) is 2.96. The first-order valence-corrected chi connectivity index (χ1v) is 7.54. The van der Waals surface area contributed by atoms with E-state index in [-0.39, 0.29) is 0 Å². The number of rotatable bonds is 3. The lowest BCUT2D eigenvalue weighted by Gasteiger charge is -2.24. The molecule has 3 rings (SSSR count). The Morgan fingerprint density at radius 1 is 1.47 bits per heavy atom. The standard InChI is InChI=1S/C13H21N3S/c1-9-8-17-13(14-9)10(2)15-11-5-7-16-6-3-4-12(11)16/h8,10-12,15H,3-7H2,1-2H3. The van der Waals surface area contributed by atoms with Crippen molar-refractivity contribution >= 4 is 11.3 Å². The monoisotopic (exact) mass is 251 g/mol. The van der Waals surface area contributed by atoms with E-state index in [1.165, 1.54) is 37.4 Å². The highest BCUT2D eigenvalue weighted by Crippen LogP contribution is 2.30. The second-order valence-corrected chi connectivity index (χ2v) is 6.25. The van der Waals surface area contributed by atoms with Crippen molar-refractivity contribution in [1.82, 2.24) is 15.2 Å². The third-order valence-corrected chi connectivity index (χ3v) is 5.22. The Labute approximate surface area is 107 Å². The minimum atomic E-state index is 0.402. The molecule has 2 aliphatic rings. The van der Waals surface area contributed by atoms with Gasteiger partial charge >= 0.3 is 0 Å².